The number of nitrogens with zero attached hydrogens (tertiary/aromatic N) is 5. The fraction of sp³-hybridized carbons (Fsp3) is 0.273. The summed E-state index contributed by atoms with van der Waals surface area (Å²) in [6.45, 7) is 3.72. The highest BCUT2D eigenvalue weighted by Crippen LogP contribution is 2.16. The average Bonchev–Trinajstić information content (AvgIpc) is 2.56. The first-order valence-corrected chi connectivity index (χ1v) is 5.11. The summed E-state index contributed by atoms with van der Waals surface area (Å²) in [6, 6.07) is 3.64. The monoisotopic (exact) mass is 228 g/mol. The molecule has 86 valence electrons. The lowest BCUT2D eigenvalue weighted by atomic mass is 10.3. The van der Waals surface area contributed by atoms with Gasteiger partial charge in [-0.05, 0) is 19.9 Å². The van der Waals surface area contributed by atoms with Crippen molar-refractivity contribution >= 4 is 11.6 Å². The summed E-state index contributed by atoms with van der Waals surface area (Å²) in [5, 5.41) is 16.1. The molecule has 2 rings (SSSR count). The maximum atomic E-state index is 8.83. The second-order valence-corrected chi connectivity index (χ2v) is 3.76. The number of rotatable bonds is 2. The van der Waals surface area contributed by atoms with Crippen LogP contribution in [0, 0.1) is 25.2 Å². The Labute approximate surface area is 98.9 Å². The largest absolute Gasteiger partial charge is 0.321 e. The van der Waals surface area contributed by atoms with E-state index in [9.17, 15) is 0 Å². The van der Waals surface area contributed by atoms with Gasteiger partial charge < -0.3 is 5.32 Å². The highest BCUT2D eigenvalue weighted by molar-refractivity contribution is 5.55. The molecule has 0 aliphatic carbocycles. The van der Waals surface area contributed by atoms with E-state index in [0.29, 0.717) is 11.6 Å². The highest BCUT2D eigenvalue weighted by atomic mass is 15.3. The molecule has 0 atom stereocenters. The Balaban J connectivity index is 2.33. The summed E-state index contributed by atoms with van der Waals surface area (Å²) in [5.74, 6) is 0.414. The Kier molecular flexibility index (Phi) is 2.75. The van der Waals surface area contributed by atoms with Gasteiger partial charge in [-0.2, -0.15) is 10.4 Å². The van der Waals surface area contributed by atoms with Crippen LogP contribution in [0.2, 0.25) is 0 Å². The van der Waals surface area contributed by atoms with Gasteiger partial charge in [0.2, 0.25) is 5.95 Å². The van der Waals surface area contributed by atoms with Gasteiger partial charge in [-0.3, -0.25) is 4.68 Å². The first-order chi connectivity index (χ1) is 8.08. The van der Waals surface area contributed by atoms with Crippen molar-refractivity contribution in [3.05, 3.63) is 29.3 Å². The van der Waals surface area contributed by atoms with E-state index in [-0.39, 0.29) is 0 Å². The smallest absolute Gasteiger partial charge is 0.228 e. The lowest BCUT2D eigenvalue weighted by Crippen LogP contribution is -2.00. The van der Waals surface area contributed by atoms with Crippen LogP contribution < -0.4 is 5.32 Å². The number of aromatic nitrogens is 4. The van der Waals surface area contributed by atoms with Gasteiger partial charge in [-0.1, -0.05) is 0 Å². The van der Waals surface area contributed by atoms with Gasteiger partial charge in [0.15, 0.2) is 0 Å². The molecule has 17 heavy (non-hydrogen) atoms. The van der Waals surface area contributed by atoms with E-state index in [0.717, 1.165) is 17.1 Å². The number of aryl methyl sites for hydroxylation is 3. The molecule has 0 aromatic carbocycles. The molecule has 0 saturated heterocycles. The highest BCUT2D eigenvalue weighted by Gasteiger charge is 2.06. The predicted molar refractivity (Wildman–Crippen MR) is 62.7 cm³/mol. The minimum Gasteiger partial charge on any atom is -0.321 e. The normalized spacial score (nSPS) is 10.0. The molecule has 0 spiro atoms. The number of anilines is 2. The van der Waals surface area contributed by atoms with Gasteiger partial charge in [-0.25, -0.2) is 9.97 Å². The topological polar surface area (TPSA) is 79.4 Å². The zero-order chi connectivity index (χ0) is 12.4. The molecule has 1 N–H and O–H groups in total. The van der Waals surface area contributed by atoms with Crippen molar-refractivity contribution < 1.29 is 0 Å². The van der Waals surface area contributed by atoms with Crippen LogP contribution in [0.25, 0.3) is 0 Å². The van der Waals surface area contributed by atoms with Crippen LogP contribution in [0.4, 0.5) is 11.6 Å². The van der Waals surface area contributed by atoms with E-state index in [1.54, 1.807) is 10.7 Å². The van der Waals surface area contributed by atoms with Gasteiger partial charge in [0.1, 0.15) is 11.8 Å². The zero-order valence-electron chi connectivity index (χ0n) is 9.89. The maximum absolute atomic E-state index is 8.83. The summed E-state index contributed by atoms with van der Waals surface area (Å²) < 4.78 is 1.71. The lowest BCUT2D eigenvalue weighted by molar-refractivity contribution is 0.756. The zero-order valence-corrected chi connectivity index (χ0v) is 9.89. The summed E-state index contributed by atoms with van der Waals surface area (Å²) >= 11 is 0. The Morgan fingerprint density at radius 1 is 1.35 bits per heavy atom. The summed E-state index contributed by atoms with van der Waals surface area (Å²) in [5.41, 5.74) is 2.79. The van der Waals surface area contributed by atoms with Crippen LogP contribution >= 0.6 is 0 Å². The Hall–Kier alpha value is -2.42. The molecule has 6 nitrogen and oxygen atoms in total. The molecule has 0 amide bonds. The van der Waals surface area contributed by atoms with Gasteiger partial charge in [0, 0.05) is 18.9 Å². The molecule has 0 bridgehead atoms. The van der Waals surface area contributed by atoms with Crippen LogP contribution in [0.15, 0.2) is 12.3 Å². The quantitative estimate of drug-likeness (QED) is 0.841. The summed E-state index contributed by atoms with van der Waals surface area (Å²) in [6.07, 6.45) is 1.84. The molecule has 2 heterocycles. The van der Waals surface area contributed by atoms with Gasteiger partial charge in [-0.15, -0.1) is 0 Å². The minimum absolute atomic E-state index is 0.349. The molecule has 0 aliphatic heterocycles. The molecular formula is C11H12N6. The Morgan fingerprint density at radius 3 is 2.71 bits per heavy atom. The minimum atomic E-state index is 0.349. The SMILES string of the molecule is Cc1cc(C#N)nc(Nc2cn(C)nc2C)n1. The van der Waals surface area contributed by atoms with E-state index in [1.165, 1.54) is 0 Å². The second-order valence-electron chi connectivity index (χ2n) is 3.76. The fourth-order valence-corrected chi connectivity index (χ4v) is 1.52. The number of nitriles is 1. The molecule has 0 unspecified atom stereocenters. The van der Waals surface area contributed by atoms with Crippen molar-refractivity contribution in [2.45, 2.75) is 13.8 Å². The summed E-state index contributed by atoms with van der Waals surface area (Å²) in [7, 11) is 1.84. The van der Waals surface area contributed by atoms with E-state index in [1.807, 2.05) is 33.2 Å². The van der Waals surface area contributed by atoms with Crippen LogP contribution in [-0.2, 0) is 7.05 Å². The van der Waals surface area contributed by atoms with Crippen molar-refractivity contribution in [2.24, 2.45) is 7.05 Å². The third-order valence-electron chi connectivity index (χ3n) is 2.23. The van der Waals surface area contributed by atoms with Crippen molar-refractivity contribution in [1.29, 1.82) is 5.26 Å². The first-order valence-electron chi connectivity index (χ1n) is 5.11. The lowest BCUT2D eigenvalue weighted by Gasteiger charge is -2.03. The van der Waals surface area contributed by atoms with Gasteiger partial charge in [0.05, 0.1) is 11.4 Å². The summed E-state index contributed by atoms with van der Waals surface area (Å²) in [4.78, 5) is 8.29. The Bertz CT molecular complexity index is 592. The van der Waals surface area contributed by atoms with Crippen LogP contribution in [0.1, 0.15) is 17.1 Å². The molecule has 6 heteroatoms. The first kappa shape index (κ1) is 11.1. The number of nitrogens with one attached hydrogen (secondary N) is 1. The third-order valence-corrected chi connectivity index (χ3v) is 2.23. The van der Waals surface area contributed by atoms with Crippen LogP contribution in [0.5, 0.6) is 0 Å². The number of hydrogen-bond donors (Lipinski definition) is 1. The van der Waals surface area contributed by atoms with Crippen LogP contribution in [0.3, 0.4) is 0 Å². The van der Waals surface area contributed by atoms with Crippen molar-refractivity contribution in [3.8, 4) is 6.07 Å². The average molecular weight is 228 g/mol. The van der Waals surface area contributed by atoms with Crippen molar-refractivity contribution in [3.63, 3.8) is 0 Å². The maximum Gasteiger partial charge on any atom is 0.228 e. The van der Waals surface area contributed by atoms with Crippen molar-refractivity contribution in [2.75, 3.05) is 5.32 Å². The van der Waals surface area contributed by atoms with E-state index < -0.39 is 0 Å². The van der Waals surface area contributed by atoms with E-state index >= 15 is 0 Å². The molecule has 2 aromatic heterocycles. The molecule has 0 aliphatic rings. The molecule has 0 radical (unpaired) electrons. The molecule has 0 saturated carbocycles. The molecule has 2 aromatic rings. The molecular weight excluding hydrogens is 216 g/mol. The molecule has 0 fully saturated rings. The van der Waals surface area contributed by atoms with Gasteiger partial charge in [0.25, 0.3) is 0 Å². The van der Waals surface area contributed by atoms with Crippen molar-refractivity contribution in [1.82, 2.24) is 19.7 Å². The van der Waals surface area contributed by atoms with Crippen LogP contribution in [-0.4, -0.2) is 19.7 Å². The Morgan fingerprint density at radius 2 is 2.12 bits per heavy atom. The van der Waals surface area contributed by atoms with E-state index in [4.69, 9.17) is 5.26 Å². The second kappa shape index (κ2) is 4.22. The standard InChI is InChI=1S/C11H12N6/c1-7-4-9(5-12)14-11(13-7)15-10-6-17(3)16-8(10)2/h4,6H,1-3H3,(H,13,14,15). The van der Waals surface area contributed by atoms with E-state index in [2.05, 4.69) is 20.4 Å². The van der Waals surface area contributed by atoms with Gasteiger partial charge >= 0.3 is 0 Å². The number of hydrogen-bond acceptors (Lipinski definition) is 5. The fourth-order valence-electron chi connectivity index (χ4n) is 1.52. The third kappa shape index (κ3) is 2.39. The predicted octanol–water partition coefficient (Wildman–Crippen LogP) is 1.44.